The van der Waals surface area contributed by atoms with Gasteiger partial charge >= 0.3 is 5.17 Å². The molecule has 1 aromatic rings. The van der Waals surface area contributed by atoms with Gasteiger partial charge in [-0.2, -0.15) is 0 Å². The summed E-state index contributed by atoms with van der Waals surface area (Å²) in [5.74, 6) is 0.577. The number of sulfonamides is 1. The summed E-state index contributed by atoms with van der Waals surface area (Å²) in [5.41, 5.74) is -0.800. The monoisotopic (exact) mass is 485 g/mol. The molecule has 0 amide bonds. The fourth-order valence-corrected chi connectivity index (χ4v) is 5.57. The number of rotatable bonds is 5. The molecule has 10 heteroatoms. The van der Waals surface area contributed by atoms with Crippen molar-refractivity contribution in [2.45, 2.75) is 24.5 Å². The van der Waals surface area contributed by atoms with E-state index in [1.807, 2.05) is 32.5 Å². The normalized spacial score (nSPS) is 20.5. The van der Waals surface area contributed by atoms with Gasteiger partial charge in [0.15, 0.2) is 0 Å². The number of aliphatic hydroxyl groups is 1. The Bertz CT molecular complexity index is 798. The molecule has 0 spiro atoms. The summed E-state index contributed by atoms with van der Waals surface area (Å²) < 4.78 is 29.6. The first-order chi connectivity index (χ1) is 11.5. The maximum atomic E-state index is 12.6. The Kier molecular flexibility index (Phi) is 8.02. The van der Waals surface area contributed by atoms with Crippen LogP contribution in [0.4, 0.5) is 0 Å². The first kappa shape index (κ1) is 23.7. The zero-order valence-electron chi connectivity index (χ0n) is 15.5. The molecule has 6 nitrogen and oxygen atoms in total. The minimum atomic E-state index is -3.75. The molecule has 0 aromatic heterocycles. The van der Waals surface area contributed by atoms with Crippen LogP contribution in [0.5, 0.6) is 0 Å². The maximum Gasteiger partial charge on any atom is 0.310 e. The molecule has 0 bridgehead atoms. The molecule has 0 saturated carbocycles. The molecular formula is C16H25BrClN3O3S2. The van der Waals surface area contributed by atoms with E-state index < -0.39 is 15.7 Å². The molecule has 1 aliphatic heterocycles. The largest absolute Gasteiger partial charge is 1.00 e. The van der Waals surface area contributed by atoms with E-state index in [1.54, 1.807) is 18.0 Å². The number of hydrogen-bond donors (Lipinski definition) is 2. The van der Waals surface area contributed by atoms with Crippen molar-refractivity contribution in [3.8, 4) is 0 Å². The van der Waals surface area contributed by atoms with Crippen LogP contribution in [0.15, 0.2) is 23.1 Å². The molecular weight excluding hydrogens is 462 g/mol. The summed E-state index contributed by atoms with van der Waals surface area (Å²) in [6.07, 6.45) is 0. The lowest BCUT2D eigenvalue weighted by atomic mass is 10.0. The van der Waals surface area contributed by atoms with Crippen LogP contribution < -0.4 is 21.7 Å². The van der Waals surface area contributed by atoms with Crippen LogP contribution >= 0.6 is 23.4 Å². The molecule has 1 unspecified atom stereocenters. The Morgan fingerprint density at radius 1 is 1.42 bits per heavy atom. The van der Waals surface area contributed by atoms with Gasteiger partial charge in [-0.3, -0.25) is 4.58 Å². The van der Waals surface area contributed by atoms with Crippen molar-refractivity contribution in [3.05, 3.63) is 28.8 Å². The summed E-state index contributed by atoms with van der Waals surface area (Å²) in [6.45, 7) is 4.17. The molecule has 1 fully saturated rings. The summed E-state index contributed by atoms with van der Waals surface area (Å²) in [5, 5.41) is 12.2. The van der Waals surface area contributed by atoms with E-state index in [1.165, 1.54) is 23.9 Å². The van der Waals surface area contributed by atoms with Gasteiger partial charge in [0.1, 0.15) is 4.90 Å². The topological polar surface area (TPSA) is 72.7 Å². The molecule has 148 valence electrons. The number of benzene rings is 1. The van der Waals surface area contributed by atoms with Crippen LogP contribution in [0, 0.1) is 5.92 Å². The van der Waals surface area contributed by atoms with Crippen LogP contribution in [0.1, 0.15) is 19.4 Å². The van der Waals surface area contributed by atoms with Crippen molar-refractivity contribution in [3.63, 3.8) is 0 Å². The Morgan fingerprint density at radius 2 is 2.04 bits per heavy atom. The highest BCUT2D eigenvalue weighted by Gasteiger charge is 2.49. The van der Waals surface area contributed by atoms with Gasteiger partial charge in [0.25, 0.3) is 0 Å². The third-order valence-electron chi connectivity index (χ3n) is 3.99. The lowest BCUT2D eigenvalue weighted by Crippen LogP contribution is -3.00. The van der Waals surface area contributed by atoms with Gasteiger partial charge in [-0.25, -0.2) is 18.0 Å². The van der Waals surface area contributed by atoms with E-state index in [2.05, 4.69) is 4.72 Å². The molecule has 1 heterocycles. The van der Waals surface area contributed by atoms with Crippen LogP contribution in [0.2, 0.25) is 5.02 Å². The van der Waals surface area contributed by atoms with Crippen LogP contribution in [-0.4, -0.2) is 61.6 Å². The minimum absolute atomic E-state index is 0. The van der Waals surface area contributed by atoms with E-state index in [-0.39, 0.29) is 32.8 Å². The zero-order chi connectivity index (χ0) is 19.0. The third kappa shape index (κ3) is 4.74. The van der Waals surface area contributed by atoms with E-state index in [0.717, 1.165) is 5.17 Å². The number of nitrogens with zero attached hydrogens (tertiary/aromatic N) is 2. The van der Waals surface area contributed by atoms with Crippen molar-refractivity contribution in [2.24, 2.45) is 5.92 Å². The molecule has 2 N–H and O–H groups in total. The van der Waals surface area contributed by atoms with Crippen molar-refractivity contribution in [1.29, 1.82) is 0 Å². The second-order valence-electron chi connectivity index (χ2n) is 6.73. The van der Waals surface area contributed by atoms with Gasteiger partial charge in [-0.15, -0.1) is 0 Å². The summed E-state index contributed by atoms with van der Waals surface area (Å²) in [6, 6.07) is 4.64. The van der Waals surface area contributed by atoms with Gasteiger partial charge in [0.2, 0.25) is 15.7 Å². The smallest absolute Gasteiger partial charge is 0.310 e. The minimum Gasteiger partial charge on any atom is -1.00 e. The lowest BCUT2D eigenvalue weighted by Gasteiger charge is -2.26. The Hall–Kier alpha value is -0.320. The van der Waals surface area contributed by atoms with Gasteiger partial charge in [0, 0.05) is 12.1 Å². The van der Waals surface area contributed by atoms with Crippen LogP contribution in [0.25, 0.3) is 0 Å². The average molecular weight is 487 g/mol. The van der Waals surface area contributed by atoms with Crippen molar-refractivity contribution < 1.29 is 35.1 Å². The van der Waals surface area contributed by atoms with Gasteiger partial charge in [-0.1, -0.05) is 31.5 Å². The number of amidine groups is 1. The summed E-state index contributed by atoms with van der Waals surface area (Å²) in [4.78, 5) is 1.73. The fourth-order valence-electron chi connectivity index (χ4n) is 2.54. The van der Waals surface area contributed by atoms with Gasteiger partial charge in [0.05, 0.1) is 31.9 Å². The first-order valence-corrected chi connectivity index (χ1v) is 10.8. The molecule has 0 aliphatic carbocycles. The highest BCUT2D eigenvalue weighted by atomic mass is 79.9. The highest BCUT2D eigenvalue weighted by Crippen LogP contribution is 2.39. The molecule has 1 aromatic carbocycles. The lowest BCUT2D eigenvalue weighted by molar-refractivity contribution is -0.467. The zero-order valence-corrected chi connectivity index (χ0v) is 19.4. The second kappa shape index (κ2) is 8.79. The molecule has 26 heavy (non-hydrogen) atoms. The van der Waals surface area contributed by atoms with Gasteiger partial charge < -0.3 is 22.1 Å². The third-order valence-corrected chi connectivity index (χ3v) is 7.34. The van der Waals surface area contributed by atoms with E-state index in [4.69, 9.17) is 11.6 Å². The van der Waals surface area contributed by atoms with E-state index in [9.17, 15) is 13.5 Å². The van der Waals surface area contributed by atoms with Crippen LogP contribution in [0.3, 0.4) is 0 Å². The number of hydrogen-bond acceptors (Lipinski definition) is 4. The second-order valence-corrected chi connectivity index (χ2v) is 9.82. The van der Waals surface area contributed by atoms with Gasteiger partial charge in [-0.05, 0) is 29.8 Å². The number of thioether (sulfide) groups is 1. The van der Waals surface area contributed by atoms with Crippen LogP contribution in [-0.2, 0) is 15.7 Å². The summed E-state index contributed by atoms with van der Waals surface area (Å²) >= 11 is 7.64. The Labute approximate surface area is 175 Å². The van der Waals surface area contributed by atoms with E-state index in [0.29, 0.717) is 17.9 Å². The number of nitrogens with one attached hydrogen (secondary N) is 1. The molecule has 1 saturated heterocycles. The van der Waals surface area contributed by atoms with Crippen molar-refractivity contribution in [1.82, 2.24) is 9.62 Å². The predicted octanol–water partition coefficient (Wildman–Crippen LogP) is -1.27. The standard InChI is InChI=1S/C16H25ClN3O3S2.BrH/c1-11(2)9-18-25(22,23)14-8-12(6-7-13(14)17)16(21)10-24-15(19(3)4)20(16)5;/h6-8,11,18,21H,9-10H2,1-5H3;1H/q+1;/p-1. The molecule has 1 aliphatic rings. The quantitative estimate of drug-likeness (QED) is 0.508. The predicted molar refractivity (Wildman–Crippen MR) is 103 cm³/mol. The summed E-state index contributed by atoms with van der Waals surface area (Å²) in [7, 11) is 1.84. The maximum absolute atomic E-state index is 12.6. The average Bonchev–Trinajstić information content (AvgIpc) is 2.82. The molecule has 0 radical (unpaired) electrons. The Morgan fingerprint density at radius 3 is 2.54 bits per heavy atom. The SMILES string of the molecule is CC(C)CNS(=O)(=O)c1cc(C2(O)CSC(=[N+](C)C)N2C)ccc1Cl.[Br-]. The highest BCUT2D eigenvalue weighted by molar-refractivity contribution is 8.13. The van der Waals surface area contributed by atoms with Crippen molar-refractivity contribution in [2.75, 3.05) is 33.4 Å². The number of halogens is 2. The van der Waals surface area contributed by atoms with Crippen molar-refractivity contribution >= 4 is 38.6 Å². The molecule has 2 rings (SSSR count). The Balaban J connectivity index is 0.00000338. The first-order valence-electron chi connectivity index (χ1n) is 7.92. The van der Waals surface area contributed by atoms with E-state index >= 15 is 0 Å². The fraction of sp³-hybridized carbons (Fsp3) is 0.562. The molecule has 1 atom stereocenters.